The van der Waals surface area contributed by atoms with E-state index in [-0.39, 0.29) is 41.1 Å². The molecule has 0 saturated heterocycles. The fourth-order valence-electron chi connectivity index (χ4n) is 4.75. The average Bonchev–Trinajstić information content (AvgIpc) is 3.41. The molecule has 0 bridgehead atoms. The van der Waals surface area contributed by atoms with Crippen LogP contribution in [0.1, 0.15) is 38.8 Å². The van der Waals surface area contributed by atoms with Crippen LogP contribution in [0.2, 0.25) is 0 Å². The van der Waals surface area contributed by atoms with Gasteiger partial charge in [0.05, 0.1) is 34.5 Å². The Bertz CT molecular complexity index is 1330. The summed E-state index contributed by atoms with van der Waals surface area (Å²) in [4.78, 5) is 45.0. The number of carbonyl (C=O) groups excluding carboxylic acids is 2. The van der Waals surface area contributed by atoms with E-state index in [1.165, 1.54) is 6.07 Å². The van der Waals surface area contributed by atoms with Gasteiger partial charge in [-0.2, -0.15) is 0 Å². The third-order valence-electron chi connectivity index (χ3n) is 6.94. The summed E-state index contributed by atoms with van der Waals surface area (Å²) in [6, 6.07) is 15.8. The van der Waals surface area contributed by atoms with E-state index in [2.05, 4.69) is 20.6 Å². The Labute approximate surface area is 221 Å². The van der Waals surface area contributed by atoms with E-state index in [1.54, 1.807) is 32.0 Å². The Morgan fingerprint density at radius 3 is 2.55 bits per heavy atom. The second-order valence-electron chi connectivity index (χ2n) is 9.44. The Balaban J connectivity index is 1.45. The summed E-state index contributed by atoms with van der Waals surface area (Å²) in [6.45, 7) is 5.73. The second kappa shape index (κ2) is 11.8. The van der Waals surface area contributed by atoms with Crippen LogP contribution in [-0.4, -0.2) is 33.4 Å². The molecule has 3 unspecified atom stereocenters. The summed E-state index contributed by atoms with van der Waals surface area (Å²) < 4.78 is 5.13. The number of aryl methyl sites for hydroxylation is 1. The molecule has 1 aliphatic rings. The molecule has 1 amide bonds. The van der Waals surface area contributed by atoms with Crippen molar-refractivity contribution in [2.75, 3.05) is 17.2 Å². The minimum atomic E-state index is -0.487. The van der Waals surface area contributed by atoms with Crippen molar-refractivity contribution in [1.29, 1.82) is 0 Å². The zero-order valence-electron chi connectivity index (χ0n) is 21.6. The van der Waals surface area contributed by atoms with Crippen molar-refractivity contribution in [2.24, 2.45) is 17.8 Å². The van der Waals surface area contributed by atoms with Crippen LogP contribution in [-0.2, 0) is 14.3 Å². The molecule has 38 heavy (non-hydrogen) atoms. The molecule has 0 aliphatic heterocycles. The molecule has 1 fully saturated rings. The number of rotatable bonds is 9. The molecule has 3 aromatic rings. The van der Waals surface area contributed by atoms with Gasteiger partial charge in [-0.25, -0.2) is 9.97 Å². The highest BCUT2D eigenvalue weighted by Gasteiger charge is 2.36. The minimum absolute atomic E-state index is 0.103. The lowest BCUT2D eigenvalue weighted by Crippen LogP contribution is -2.24. The van der Waals surface area contributed by atoms with E-state index in [0.717, 1.165) is 12.0 Å². The number of hydrogen-bond donors (Lipinski definition) is 2. The minimum Gasteiger partial charge on any atom is -0.466 e. The summed E-state index contributed by atoms with van der Waals surface area (Å²) >= 11 is 0. The fourth-order valence-corrected chi connectivity index (χ4v) is 4.75. The third kappa shape index (κ3) is 6.13. The van der Waals surface area contributed by atoms with Gasteiger partial charge < -0.3 is 15.4 Å². The number of hydrogen-bond acceptors (Lipinski definition) is 8. The van der Waals surface area contributed by atoms with E-state index in [1.807, 2.05) is 37.3 Å². The number of carbonyl (C=O) groups is 2. The van der Waals surface area contributed by atoms with Crippen LogP contribution in [0.25, 0.3) is 11.3 Å². The van der Waals surface area contributed by atoms with E-state index < -0.39 is 4.92 Å². The molecule has 1 aliphatic carbocycles. The fraction of sp³-hybridized carbons (Fsp3) is 0.357. The van der Waals surface area contributed by atoms with E-state index in [0.29, 0.717) is 42.3 Å². The molecule has 0 spiro atoms. The molecule has 1 saturated carbocycles. The van der Waals surface area contributed by atoms with Gasteiger partial charge in [0.1, 0.15) is 5.82 Å². The summed E-state index contributed by atoms with van der Waals surface area (Å²) in [7, 11) is 0. The van der Waals surface area contributed by atoms with E-state index in [9.17, 15) is 19.7 Å². The van der Waals surface area contributed by atoms with Gasteiger partial charge >= 0.3 is 11.7 Å². The van der Waals surface area contributed by atoms with Gasteiger partial charge in [-0.3, -0.25) is 19.7 Å². The topological polar surface area (TPSA) is 136 Å². The predicted octanol–water partition coefficient (Wildman–Crippen LogP) is 5.66. The van der Waals surface area contributed by atoms with Gasteiger partial charge in [-0.1, -0.05) is 37.3 Å². The summed E-state index contributed by atoms with van der Waals surface area (Å²) in [5.41, 5.74) is 2.36. The van der Waals surface area contributed by atoms with E-state index >= 15 is 0 Å². The van der Waals surface area contributed by atoms with Crippen molar-refractivity contribution in [1.82, 2.24) is 9.97 Å². The number of anilines is 3. The van der Waals surface area contributed by atoms with Gasteiger partial charge in [-0.05, 0) is 57.2 Å². The number of nitro groups is 1. The van der Waals surface area contributed by atoms with Crippen molar-refractivity contribution in [3.8, 4) is 11.3 Å². The highest BCUT2D eigenvalue weighted by Crippen LogP contribution is 2.37. The Kier molecular flexibility index (Phi) is 8.30. The number of aromatic nitrogens is 2. The number of nitrogens with zero attached hydrogens (tertiary/aromatic N) is 3. The molecule has 0 radical (unpaired) electrons. The highest BCUT2D eigenvalue weighted by atomic mass is 16.6. The Morgan fingerprint density at radius 2 is 1.87 bits per heavy atom. The van der Waals surface area contributed by atoms with Crippen molar-refractivity contribution >= 4 is 34.9 Å². The summed E-state index contributed by atoms with van der Waals surface area (Å²) in [5, 5.41) is 17.5. The van der Waals surface area contributed by atoms with Gasteiger partial charge in [0, 0.05) is 17.5 Å². The molecule has 2 N–H and O–H groups in total. The highest BCUT2D eigenvalue weighted by molar-refractivity contribution is 5.92. The number of pyridine rings is 2. The SMILES string of the molecule is CCOC(=O)C(C)C1CCC(C(=O)Nc2ccc(Nc3nc(-c4ccccc4)ccc3[N+](=O)[O-])c(C)n2)C1. The number of nitrogens with one attached hydrogen (secondary N) is 2. The lowest BCUT2D eigenvalue weighted by Gasteiger charge is -2.17. The van der Waals surface area contributed by atoms with Crippen LogP contribution in [0.4, 0.5) is 23.0 Å². The first kappa shape index (κ1) is 26.7. The molecule has 2 heterocycles. The first-order valence-electron chi connectivity index (χ1n) is 12.7. The summed E-state index contributed by atoms with van der Waals surface area (Å²) in [5.74, 6) is -0.194. The first-order valence-corrected chi connectivity index (χ1v) is 12.7. The third-order valence-corrected chi connectivity index (χ3v) is 6.94. The van der Waals surface area contributed by atoms with Crippen LogP contribution in [0.3, 0.4) is 0 Å². The Hall–Kier alpha value is -4.34. The molecule has 3 atom stereocenters. The summed E-state index contributed by atoms with van der Waals surface area (Å²) in [6.07, 6.45) is 2.12. The van der Waals surface area contributed by atoms with Crippen LogP contribution in [0.5, 0.6) is 0 Å². The zero-order chi connectivity index (χ0) is 27.2. The molecular weight excluding hydrogens is 486 g/mol. The lowest BCUT2D eigenvalue weighted by atomic mass is 9.91. The number of ether oxygens (including phenoxy) is 1. The monoisotopic (exact) mass is 517 g/mol. The second-order valence-corrected chi connectivity index (χ2v) is 9.44. The largest absolute Gasteiger partial charge is 0.466 e. The van der Waals surface area contributed by atoms with Crippen LogP contribution in [0, 0.1) is 34.8 Å². The van der Waals surface area contributed by atoms with Crippen LogP contribution in [0.15, 0.2) is 54.6 Å². The van der Waals surface area contributed by atoms with E-state index in [4.69, 9.17) is 4.74 Å². The van der Waals surface area contributed by atoms with Crippen molar-refractivity contribution < 1.29 is 19.2 Å². The van der Waals surface area contributed by atoms with Crippen molar-refractivity contribution in [3.63, 3.8) is 0 Å². The maximum atomic E-state index is 12.9. The standard InChI is InChI=1S/C28H31N5O5/c1-4-38-28(35)17(2)20-10-11-21(16-20)27(34)32-25-15-13-22(18(3)29-25)30-26-24(33(36)37)14-12-23(31-26)19-8-6-5-7-9-19/h5-9,12-15,17,20-21H,4,10-11,16H2,1-3H3,(H,30,31)(H,29,32,34). The first-order chi connectivity index (χ1) is 18.3. The quantitative estimate of drug-likeness (QED) is 0.211. The van der Waals surface area contributed by atoms with Gasteiger partial charge in [-0.15, -0.1) is 0 Å². The number of esters is 1. The van der Waals surface area contributed by atoms with Crippen molar-refractivity contribution in [3.05, 3.63) is 70.4 Å². The average molecular weight is 518 g/mol. The molecular formula is C28H31N5O5. The molecule has 1 aromatic carbocycles. The maximum Gasteiger partial charge on any atom is 0.311 e. The van der Waals surface area contributed by atoms with Gasteiger partial charge in [0.25, 0.3) is 0 Å². The van der Waals surface area contributed by atoms with Gasteiger partial charge in [0.2, 0.25) is 11.7 Å². The molecule has 198 valence electrons. The normalized spacial score (nSPS) is 17.4. The smallest absolute Gasteiger partial charge is 0.311 e. The molecule has 4 rings (SSSR count). The van der Waals surface area contributed by atoms with Crippen LogP contribution < -0.4 is 10.6 Å². The van der Waals surface area contributed by atoms with Crippen LogP contribution >= 0.6 is 0 Å². The van der Waals surface area contributed by atoms with Crippen molar-refractivity contribution in [2.45, 2.75) is 40.0 Å². The lowest BCUT2D eigenvalue weighted by molar-refractivity contribution is -0.384. The predicted molar refractivity (Wildman–Crippen MR) is 144 cm³/mol. The van der Waals surface area contributed by atoms with Gasteiger partial charge in [0.15, 0.2) is 0 Å². The maximum absolute atomic E-state index is 12.9. The molecule has 10 heteroatoms. The molecule has 2 aromatic heterocycles. The number of amides is 1. The zero-order valence-corrected chi connectivity index (χ0v) is 21.6. The Morgan fingerprint density at radius 1 is 1.11 bits per heavy atom. The number of benzene rings is 1. The molecule has 10 nitrogen and oxygen atoms in total.